The maximum Gasteiger partial charge on any atom is 0.221 e. The van der Waals surface area contributed by atoms with Gasteiger partial charge in [0.05, 0.1) is 4.90 Å². The number of halogens is 4. The Labute approximate surface area is 128 Å². The average molecular weight is 329 g/mol. The van der Waals surface area contributed by atoms with Gasteiger partial charge in [0.1, 0.15) is 5.69 Å². The van der Waals surface area contributed by atoms with Crippen molar-refractivity contribution in [2.45, 2.75) is 17.6 Å². The number of thioether (sulfide) groups is 1. The van der Waals surface area contributed by atoms with Gasteiger partial charge < -0.3 is 5.32 Å². The molecule has 0 bridgehead atoms. The molecular formula is C15H11F4NOS. The Hall–Kier alpha value is -2.02. The van der Waals surface area contributed by atoms with E-state index in [-0.39, 0.29) is 5.75 Å². The Morgan fingerprint density at radius 2 is 1.55 bits per heavy atom. The predicted octanol–water partition coefficient (Wildman–Crippen LogP) is 4.49. The van der Waals surface area contributed by atoms with Gasteiger partial charge in [0.2, 0.25) is 5.91 Å². The van der Waals surface area contributed by atoms with Gasteiger partial charge in [0, 0.05) is 12.7 Å². The second-order valence-corrected chi connectivity index (χ2v) is 5.40. The van der Waals surface area contributed by atoms with Gasteiger partial charge in [-0.25, -0.2) is 17.6 Å². The number of benzene rings is 2. The number of carbonyl (C=O) groups excluding carboxylic acids is 1. The van der Waals surface area contributed by atoms with Gasteiger partial charge in [0.25, 0.3) is 0 Å². The molecule has 0 atom stereocenters. The van der Waals surface area contributed by atoms with Crippen LogP contribution in [0.25, 0.3) is 0 Å². The molecule has 0 aliphatic rings. The zero-order valence-electron chi connectivity index (χ0n) is 11.4. The predicted molar refractivity (Wildman–Crippen MR) is 76.6 cm³/mol. The third-order valence-electron chi connectivity index (χ3n) is 2.75. The van der Waals surface area contributed by atoms with Crippen LogP contribution >= 0.6 is 11.8 Å². The molecule has 0 aliphatic heterocycles. The maximum absolute atomic E-state index is 13.9. The highest BCUT2D eigenvalue weighted by Crippen LogP contribution is 2.35. The largest absolute Gasteiger partial charge is 0.321 e. The normalized spacial score (nSPS) is 10.6. The van der Waals surface area contributed by atoms with Crippen LogP contribution in [0.5, 0.6) is 0 Å². The van der Waals surface area contributed by atoms with E-state index >= 15 is 0 Å². The van der Waals surface area contributed by atoms with Gasteiger partial charge in [-0.05, 0) is 5.56 Å². The zero-order valence-corrected chi connectivity index (χ0v) is 12.2. The first kappa shape index (κ1) is 16.4. The van der Waals surface area contributed by atoms with Crippen LogP contribution in [0.15, 0.2) is 35.2 Å². The molecular weight excluding hydrogens is 318 g/mol. The summed E-state index contributed by atoms with van der Waals surface area (Å²) in [5, 5.41) is 1.75. The van der Waals surface area contributed by atoms with E-state index in [1.807, 2.05) is 0 Å². The number of nitrogens with one attached hydrogen (secondary N) is 1. The molecule has 116 valence electrons. The molecule has 0 fully saturated rings. The number of rotatable bonds is 4. The molecule has 0 spiro atoms. The Morgan fingerprint density at radius 3 is 2.05 bits per heavy atom. The Balaban J connectivity index is 2.34. The molecule has 2 aromatic carbocycles. The van der Waals surface area contributed by atoms with Crippen molar-refractivity contribution in [3.05, 3.63) is 59.2 Å². The lowest BCUT2D eigenvalue weighted by Gasteiger charge is -2.11. The van der Waals surface area contributed by atoms with Crippen molar-refractivity contribution in [3.63, 3.8) is 0 Å². The third-order valence-corrected chi connectivity index (χ3v) is 3.87. The summed E-state index contributed by atoms with van der Waals surface area (Å²) in [5.41, 5.74) is -0.371. The van der Waals surface area contributed by atoms with Crippen molar-refractivity contribution in [2.75, 3.05) is 5.32 Å². The highest BCUT2D eigenvalue weighted by atomic mass is 32.2. The average Bonchev–Trinajstić information content (AvgIpc) is 2.50. The number of hydrogen-bond donors (Lipinski definition) is 1. The fourth-order valence-electron chi connectivity index (χ4n) is 1.75. The van der Waals surface area contributed by atoms with E-state index in [1.54, 1.807) is 35.6 Å². The fourth-order valence-corrected chi connectivity index (χ4v) is 2.69. The van der Waals surface area contributed by atoms with Gasteiger partial charge in [-0.1, -0.05) is 30.3 Å². The molecule has 0 unspecified atom stereocenters. The van der Waals surface area contributed by atoms with E-state index in [9.17, 15) is 22.4 Å². The molecule has 22 heavy (non-hydrogen) atoms. The van der Waals surface area contributed by atoms with Gasteiger partial charge in [-0.3, -0.25) is 4.79 Å². The standard InChI is InChI=1S/C15H11F4NOS/c1-8(21)20-14-10(16)12(18)15(13(19)11(14)17)22-7-9-5-3-2-4-6-9/h2-6H,7H2,1H3,(H,20,21). The molecule has 0 aromatic heterocycles. The molecule has 0 radical (unpaired) electrons. The van der Waals surface area contributed by atoms with Crippen molar-refractivity contribution >= 4 is 23.4 Å². The Bertz CT molecular complexity index is 677. The quantitative estimate of drug-likeness (QED) is 0.508. The summed E-state index contributed by atoms with van der Waals surface area (Å²) < 4.78 is 55.4. The summed E-state index contributed by atoms with van der Waals surface area (Å²) in [6.07, 6.45) is 0. The molecule has 1 N–H and O–H groups in total. The molecule has 1 amide bonds. The topological polar surface area (TPSA) is 29.1 Å². The number of hydrogen-bond acceptors (Lipinski definition) is 2. The lowest BCUT2D eigenvalue weighted by molar-refractivity contribution is -0.114. The van der Waals surface area contributed by atoms with Crippen molar-refractivity contribution in [1.82, 2.24) is 0 Å². The maximum atomic E-state index is 13.9. The van der Waals surface area contributed by atoms with E-state index in [2.05, 4.69) is 0 Å². The highest BCUT2D eigenvalue weighted by Gasteiger charge is 2.26. The molecule has 0 saturated heterocycles. The van der Waals surface area contributed by atoms with Crippen LogP contribution in [-0.2, 0) is 10.5 Å². The van der Waals surface area contributed by atoms with Gasteiger partial charge in [-0.2, -0.15) is 0 Å². The minimum absolute atomic E-state index is 0.146. The number of anilines is 1. The van der Waals surface area contributed by atoms with Crippen molar-refractivity contribution in [3.8, 4) is 0 Å². The van der Waals surface area contributed by atoms with Crippen LogP contribution in [0.3, 0.4) is 0 Å². The fraction of sp³-hybridized carbons (Fsp3) is 0.133. The first-order chi connectivity index (χ1) is 10.4. The van der Waals surface area contributed by atoms with Gasteiger partial charge in [-0.15, -0.1) is 11.8 Å². The number of carbonyl (C=O) groups is 1. The molecule has 2 nitrogen and oxygen atoms in total. The zero-order chi connectivity index (χ0) is 16.3. The second kappa shape index (κ2) is 6.83. The van der Waals surface area contributed by atoms with Crippen LogP contribution < -0.4 is 5.32 Å². The lowest BCUT2D eigenvalue weighted by Crippen LogP contribution is -2.13. The molecule has 2 rings (SSSR count). The summed E-state index contributed by atoms with van der Waals surface area (Å²) >= 11 is 0.640. The van der Waals surface area contributed by atoms with Crippen LogP contribution in [0.4, 0.5) is 23.2 Å². The summed E-state index contributed by atoms with van der Waals surface area (Å²) in [4.78, 5) is 10.1. The van der Waals surface area contributed by atoms with Crippen molar-refractivity contribution in [2.24, 2.45) is 0 Å². The van der Waals surface area contributed by atoms with Gasteiger partial charge in [0.15, 0.2) is 23.3 Å². The summed E-state index contributed by atoms with van der Waals surface area (Å²) in [6, 6.07) is 8.70. The van der Waals surface area contributed by atoms with Crippen LogP contribution in [-0.4, -0.2) is 5.91 Å². The lowest BCUT2D eigenvalue weighted by atomic mass is 10.2. The summed E-state index contributed by atoms with van der Waals surface area (Å²) in [5.74, 6) is -6.98. The Kier molecular flexibility index (Phi) is 5.07. The van der Waals surface area contributed by atoms with E-state index in [0.29, 0.717) is 11.8 Å². The van der Waals surface area contributed by atoms with Crippen LogP contribution in [0.2, 0.25) is 0 Å². The monoisotopic (exact) mass is 329 g/mol. The van der Waals surface area contributed by atoms with Crippen molar-refractivity contribution in [1.29, 1.82) is 0 Å². The first-order valence-corrected chi connectivity index (χ1v) is 7.20. The van der Waals surface area contributed by atoms with E-state index in [0.717, 1.165) is 12.5 Å². The molecule has 0 heterocycles. The van der Waals surface area contributed by atoms with Crippen LogP contribution in [0.1, 0.15) is 12.5 Å². The summed E-state index contributed by atoms with van der Waals surface area (Å²) in [6.45, 7) is 0.979. The summed E-state index contributed by atoms with van der Waals surface area (Å²) in [7, 11) is 0. The molecule has 0 saturated carbocycles. The minimum atomic E-state index is -1.62. The van der Waals surface area contributed by atoms with Crippen molar-refractivity contribution < 1.29 is 22.4 Å². The van der Waals surface area contributed by atoms with Crippen LogP contribution in [0, 0.1) is 23.3 Å². The minimum Gasteiger partial charge on any atom is -0.321 e. The second-order valence-electron chi connectivity index (χ2n) is 4.42. The SMILES string of the molecule is CC(=O)Nc1c(F)c(F)c(SCc2ccccc2)c(F)c1F. The smallest absolute Gasteiger partial charge is 0.221 e. The Morgan fingerprint density at radius 1 is 1.00 bits per heavy atom. The molecule has 7 heteroatoms. The highest BCUT2D eigenvalue weighted by molar-refractivity contribution is 7.98. The number of amides is 1. The van der Waals surface area contributed by atoms with Gasteiger partial charge >= 0.3 is 0 Å². The van der Waals surface area contributed by atoms with E-state index in [1.165, 1.54) is 0 Å². The molecule has 0 aliphatic carbocycles. The van der Waals surface area contributed by atoms with E-state index < -0.39 is 39.8 Å². The first-order valence-electron chi connectivity index (χ1n) is 6.22. The third kappa shape index (κ3) is 3.41. The molecule has 2 aromatic rings. The van der Waals surface area contributed by atoms with E-state index in [4.69, 9.17) is 0 Å².